The number of nitrogens with one attached hydrogen (secondary N) is 3. The Morgan fingerprint density at radius 2 is 1.70 bits per heavy atom. The lowest BCUT2D eigenvalue weighted by atomic mass is 10.0. The van der Waals surface area contributed by atoms with E-state index in [2.05, 4.69) is 58.1 Å². The Bertz CT molecular complexity index is 862. The van der Waals surface area contributed by atoms with Crippen molar-refractivity contribution in [2.24, 2.45) is 10.9 Å². The van der Waals surface area contributed by atoms with E-state index in [0.717, 1.165) is 56.2 Å². The number of likely N-dealkylation sites (tertiary alicyclic amines) is 1. The van der Waals surface area contributed by atoms with Crippen LogP contribution in [0.4, 0.5) is 5.69 Å². The van der Waals surface area contributed by atoms with Gasteiger partial charge in [0.1, 0.15) is 0 Å². The van der Waals surface area contributed by atoms with Crippen LogP contribution < -0.4 is 16.0 Å². The number of nitrogens with zero attached hydrogens (tertiary/aromatic N) is 2. The van der Waals surface area contributed by atoms with Crippen LogP contribution in [0.2, 0.25) is 0 Å². The van der Waals surface area contributed by atoms with Gasteiger partial charge in [-0.25, -0.2) is 4.99 Å². The quantitative estimate of drug-likeness (QED) is 0.249. The summed E-state index contributed by atoms with van der Waals surface area (Å²) < 4.78 is 0. The molecule has 0 saturated carbocycles. The summed E-state index contributed by atoms with van der Waals surface area (Å²) in [5.74, 6) is 0.869. The number of guanidine groups is 1. The first-order chi connectivity index (χ1) is 15.5. The summed E-state index contributed by atoms with van der Waals surface area (Å²) >= 11 is 0. The van der Waals surface area contributed by atoms with Crippen molar-refractivity contribution in [3.05, 3.63) is 65.7 Å². The smallest absolute Gasteiger partial charge is 0.226 e. The zero-order chi connectivity index (χ0) is 22.8. The number of anilines is 1. The minimum atomic E-state index is -0.0294. The van der Waals surface area contributed by atoms with E-state index in [-0.39, 0.29) is 35.8 Å². The third kappa shape index (κ3) is 9.33. The molecular formula is C26H38IN5O. The maximum atomic E-state index is 11.8. The van der Waals surface area contributed by atoms with E-state index in [1.807, 2.05) is 38.1 Å². The predicted molar refractivity (Wildman–Crippen MR) is 148 cm³/mol. The molecule has 180 valence electrons. The van der Waals surface area contributed by atoms with Gasteiger partial charge in [0, 0.05) is 43.8 Å². The molecule has 2 aromatic carbocycles. The number of carbonyl (C=O) groups excluding carboxylic acids is 1. The summed E-state index contributed by atoms with van der Waals surface area (Å²) in [6.45, 7) is 10.5. The molecule has 0 unspecified atom stereocenters. The maximum Gasteiger partial charge on any atom is 0.226 e. The molecule has 0 atom stereocenters. The van der Waals surface area contributed by atoms with Crippen LogP contribution in [-0.2, 0) is 17.9 Å². The number of piperidine rings is 1. The normalized spacial score (nSPS) is 15.1. The summed E-state index contributed by atoms with van der Waals surface area (Å²) in [6, 6.07) is 19.0. The Morgan fingerprint density at radius 1 is 1.03 bits per heavy atom. The number of hydrogen-bond acceptors (Lipinski definition) is 3. The minimum Gasteiger partial charge on any atom is -0.357 e. The topological polar surface area (TPSA) is 68.8 Å². The fourth-order valence-electron chi connectivity index (χ4n) is 3.74. The third-order valence-electron chi connectivity index (χ3n) is 5.69. The van der Waals surface area contributed by atoms with Gasteiger partial charge < -0.3 is 16.0 Å². The number of aliphatic imine (C=N–C) groups is 1. The summed E-state index contributed by atoms with van der Waals surface area (Å²) in [4.78, 5) is 19.1. The van der Waals surface area contributed by atoms with Gasteiger partial charge in [0.2, 0.25) is 5.91 Å². The molecule has 0 aromatic heterocycles. The van der Waals surface area contributed by atoms with Crippen molar-refractivity contribution in [2.75, 3.05) is 25.0 Å². The molecule has 1 aliphatic heterocycles. The molecule has 3 N–H and O–H groups in total. The highest BCUT2D eigenvalue weighted by Crippen LogP contribution is 2.14. The SMILES string of the molecule is CCNC(=NCc1ccc(NC(=O)C(C)C)cc1)NC1CCN(Cc2ccccc2)CC1.I. The van der Waals surface area contributed by atoms with Crippen LogP contribution >= 0.6 is 24.0 Å². The number of rotatable bonds is 8. The highest BCUT2D eigenvalue weighted by Gasteiger charge is 2.20. The van der Waals surface area contributed by atoms with Crippen LogP contribution in [0.25, 0.3) is 0 Å². The largest absolute Gasteiger partial charge is 0.357 e. The Balaban J connectivity index is 0.00000385. The lowest BCUT2D eigenvalue weighted by Gasteiger charge is -2.33. The van der Waals surface area contributed by atoms with E-state index < -0.39 is 0 Å². The van der Waals surface area contributed by atoms with Gasteiger partial charge >= 0.3 is 0 Å². The molecule has 0 aliphatic carbocycles. The third-order valence-corrected chi connectivity index (χ3v) is 5.69. The highest BCUT2D eigenvalue weighted by atomic mass is 127. The second-order valence-electron chi connectivity index (χ2n) is 8.72. The van der Waals surface area contributed by atoms with Crippen molar-refractivity contribution < 1.29 is 4.79 Å². The standard InChI is InChI=1S/C26H37N5O.HI/c1-4-27-26(28-18-21-10-12-23(13-11-21)29-25(32)20(2)3)30-24-14-16-31(17-15-24)19-22-8-6-5-7-9-22;/h5-13,20,24H,4,14-19H2,1-3H3,(H,29,32)(H2,27,28,30);1H. The van der Waals surface area contributed by atoms with Crippen LogP contribution in [0.1, 0.15) is 44.7 Å². The van der Waals surface area contributed by atoms with Crippen molar-refractivity contribution in [3.8, 4) is 0 Å². The second-order valence-corrected chi connectivity index (χ2v) is 8.72. The second kappa shape index (κ2) is 14.2. The van der Waals surface area contributed by atoms with Crippen molar-refractivity contribution in [1.29, 1.82) is 0 Å². The molecule has 2 aromatic rings. The average Bonchev–Trinajstić information content (AvgIpc) is 2.80. The van der Waals surface area contributed by atoms with Gasteiger partial charge in [-0.3, -0.25) is 9.69 Å². The lowest BCUT2D eigenvalue weighted by molar-refractivity contribution is -0.118. The molecule has 0 radical (unpaired) electrons. The number of hydrogen-bond donors (Lipinski definition) is 3. The maximum absolute atomic E-state index is 11.8. The van der Waals surface area contributed by atoms with Crippen molar-refractivity contribution in [2.45, 2.75) is 52.7 Å². The van der Waals surface area contributed by atoms with Gasteiger partial charge in [0.25, 0.3) is 0 Å². The number of carbonyl (C=O) groups is 1. The van der Waals surface area contributed by atoms with Crippen molar-refractivity contribution in [1.82, 2.24) is 15.5 Å². The lowest BCUT2D eigenvalue weighted by Crippen LogP contribution is -2.48. The zero-order valence-electron chi connectivity index (χ0n) is 20.0. The fourth-order valence-corrected chi connectivity index (χ4v) is 3.74. The number of halogens is 1. The van der Waals surface area contributed by atoms with Gasteiger partial charge in [-0.2, -0.15) is 0 Å². The molecule has 1 heterocycles. The first-order valence-corrected chi connectivity index (χ1v) is 11.7. The molecule has 0 bridgehead atoms. The summed E-state index contributed by atoms with van der Waals surface area (Å²) in [5, 5.41) is 9.91. The van der Waals surface area contributed by atoms with E-state index in [0.29, 0.717) is 12.6 Å². The van der Waals surface area contributed by atoms with E-state index in [9.17, 15) is 4.79 Å². The molecule has 1 amide bonds. The molecular weight excluding hydrogens is 525 g/mol. The Kier molecular flexibility index (Phi) is 11.7. The molecule has 3 rings (SSSR count). The van der Waals surface area contributed by atoms with Gasteiger partial charge in [0.05, 0.1) is 6.54 Å². The number of benzene rings is 2. The fraction of sp³-hybridized carbons (Fsp3) is 0.462. The average molecular weight is 564 g/mol. The first kappa shape index (κ1) is 27.1. The van der Waals surface area contributed by atoms with Gasteiger partial charge in [-0.05, 0) is 43.0 Å². The Morgan fingerprint density at radius 3 is 2.30 bits per heavy atom. The van der Waals surface area contributed by atoms with Crippen molar-refractivity contribution in [3.63, 3.8) is 0 Å². The van der Waals surface area contributed by atoms with Gasteiger partial charge in [0.15, 0.2) is 5.96 Å². The number of amides is 1. The minimum absolute atomic E-state index is 0. The Hall–Kier alpha value is -2.13. The highest BCUT2D eigenvalue weighted by molar-refractivity contribution is 14.0. The molecule has 33 heavy (non-hydrogen) atoms. The molecule has 0 spiro atoms. The van der Waals surface area contributed by atoms with E-state index in [4.69, 9.17) is 4.99 Å². The molecule has 6 nitrogen and oxygen atoms in total. The van der Waals surface area contributed by atoms with E-state index >= 15 is 0 Å². The summed E-state index contributed by atoms with van der Waals surface area (Å²) in [6.07, 6.45) is 2.23. The van der Waals surface area contributed by atoms with Crippen LogP contribution in [0, 0.1) is 5.92 Å². The Labute approximate surface area is 215 Å². The summed E-state index contributed by atoms with van der Waals surface area (Å²) in [5.41, 5.74) is 3.31. The van der Waals surface area contributed by atoms with Crippen LogP contribution in [-0.4, -0.2) is 42.4 Å². The zero-order valence-corrected chi connectivity index (χ0v) is 22.3. The van der Waals surface area contributed by atoms with Gasteiger partial charge in [-0.1, -0.05) is 56.3 Å². The van der Waals surface area contributed by atoms with E-state index in [1.54, 1.807) is 0 Å². The first-order valence-electron chi connectivity index (χ1n) is 11.7. The van der Waals surface area contributed by atoms with Crippen LogP contribution in [0.5, 0.6) is 0 Å². The predicted octanol–water partition coefficient (Wildman–Crippen LogP) is 4.62. The monoisotopic (exact) mass is 563 g/mol. The molecule has 1 fully saturated rings. The molecule has 7 heteroatoms. The van der Waals surface area contributed by atoms with E-state index in [1.165, 1.54) is 5.56 Å². The molecule has 1 saturated heterocycles. The van der Waals surface area contributed by atoms with Gasteiger partial charge in [-0.15, -0.1) is 24.0 Å². The summed E-state index contributed by atoms with van der Waals surface area (Å²) in [7, 11) is 0. The van der Waals surface area contributed by atoms with Crippen LogP contribution in [0.3, 0.4) is 0 Å². The van der Waals surface area contributed by atoms with Crippen LogP contribution in [0.15, 0.2) is 59.6 Å². The molecule has 1 aliphatic rings. The van der Waals surface area contributed by atoms with Crippen molar-refractivity contribution >= 4 is 41.5 Å².